The fraction of sp³-hybridized carbons (Fsp3) is 0.133. The van der Waals surface area contributed by atoms with Crippen LogP contribution in [0.2, 0.25) is 0 Å². The highest BCUT2D eigenvalue weighted by Gasteiger charge is 2.12. The van der Waals surface area contributed by atoms with Gasteiger partial charge in [0.05, 0.1) is 7.11 Å². The van der Waals surface area contributed by atoms with Crippen molar-refractivity contribution in [2.75, 3.05) is 24.8 Å². The zero-order valence-electron chi connectivity index (χ0n) is 11.8. The molecule has 0 aliphatic heterocycles. The quantitative estimate of drug-likeness (QED) is 0.794. The maximum Gasteiger partial charge on any atom is 0.156 e. The third kappa shape index (κ3) is 2.43. The van der Waals surface area contributed by atoms with Crippen LogP contribution >= 0.6 is 0 Å². The molecule has 2 aromatic heterocycles. The summed E-state index contributed by atoms with van der Waals surface area (Å²) in [4.78, 5) is 6.32. The molecular formula is C15H15N5O. The van der Waals surface area contributed by atoms with Crippen LogP contribution in [-0.4, -0.2) is 29.3 Å². The molecule has 2 heterocycles. The molecule has 1 aromatic carbocycles. The number of hydrogen-bond acceptors (Lipinski definition) is 6. The third-order valence-electron chi connectivity index (χ3n) is 3.28. The number of aromatic nitrogens is 3. The molecular weight excluding hydrogens is 266 g/mol. The first-order chi connectivity index (χ1) is 10.2. The molecule has 0 atom stereocenters. The first-order valence-corrected chi connectivity index (χ1v) is 6.45. The normalized spacial score (nSPS) is 10.6. The highest BCUT2D eigenvalue weighted by molar-refractivity contribution is 5.94. The second kappa shape index (κ2) is 5.24. The standard InChI is InChI=1S/C15H15N5O/c1-20(14-6-5-13(16)18-19-14)15-12-9-11(21-2)4-3-10(12)7-8-17-15/h3-9H,1-2H3,(H2,16,18). The summed E-state index contributed by atoms with van der Waals surface area (Å²) < 4.78 is 5.29. The molecule has 0 aliphatic rings. The van der Waals surface area contributed by atoms with Crippen LogP contribution in [0.5, 0.6) is 5.75 Å². The summed E-state index contributed by atoms with van der Waals surface area (Å²) in [5.74, 6) is 2.63. The van der Waals surface area contributed by atoms with Crippen LogP contribution in [0.1, 0.15) is 0 Å². The molecule has 0 radical (unpaired) electrons. The maximum absolute atomic E-state index is 5.57. The molecule has 2 N–H and O–H groups in total. The van der Waals surface area contributed by atoms with Gasteiger partial charge < -0.3 is 15.4 Å². The van der Waals surface area contributed by atoms with Crippen molar-refractivity contribution in [1.82, 2.24) is 15.2 Å². The van der Waals surface area contributed by atoms with Crippen LogP contribution < -0.4 is 15.4 Å². The second-order valence-electron chi connectivity index (χ2n) is 4.60. The summed E-state index contributed by atoms with van der Waals surface area (Å²) in [6, 6.07) is 11.4. The molecule has 0 amide bonds. The molecule has 0 fully saturated rings. The Bertz CT molecular complexity index is 773. The summed E-state index contributed by atoms with van der Waals surface area (Å²) in [6.45, 7) is 0. The van der Waals surface area contributed by atoms with E-state index in [-0.39, 0.29) is 0 Å². The molecule has 106 valence electrons. The predicted octanol–water partition coefficient (Wildman–Crippen LogP) is 2.38. The topological polar surface area (TPSA) is 77.2 Å². The highest BCUT2D eigenvalue weighted by Crippen LogP contribution is 2.30. The number of benzene rings is 1. The third-order valence-corrected chi connectivity index (χ3v) is 3.28. The molecule has 0 unspecified atom stereocenters. The molecule has 0 saturated carbocycles. The van der Waals surface area contributed by atoms with E-state index in [2.05, 4.69) is 15.2 Å². The van der Waals surface area contributed by atoms with Crippen molar-refractivity contribution in [3.8, 4) is 5.75 Å². The highest BCUT2D eigenvalue weighted by atomic mass is 16.5. The fourth-order valence-electron chi connectivity index (χ4n) is 2.15. The monoisotopic (exact) mass is 281 g/mol. The van der Waals surface area contributed by atoms with Gasteiger partial charge in [0, 0.05) is 18.6 Å². The summed E-state index contributed by atoms with van der Waals surface area (Å²) in [5.41, 5.74) is 5.57. The number of hydrogen-bond donors (Lipinski definition) is 1. The number of anilines is 3. The van der Waals surface area contributed by atoms with Gasteiger partial charge in [0.15, 0.2) is 5.82 Å². The maximum atomic E-state index is 5.57. The first kappa shape index (κ1) is 13.1. The molecule has 6 heteroatoms. The molecule has 0 aliphatic carbocycles. The molecule has 21 heavy (non-hydrogen) atoms. The minimum absolute atomic E-state index is 0.389. The Morgan fingerprint density at radius 3 is 2.67 bits per heavy atom. The van der Waals surface area contributed by atoms with E-state index in [9.17, 15) is 0 Å². The van der Waals surface area contributed by atoms with Crippen LogP contribution in [0.15, 0.2) is 42.6 Å². The zero-order chi connectivity index (χ0) is 14.8. The summed E-state index contributed by atoms with van der Waals surface area (Å²) in [7, 11) is 3.54. The minimum Gasteiger partial charge on any atom is -0.497 e. The summed E-state index contributed by atoms with van der Waals surface area (Å²) in [5, 5.41) is 10.0. The average Bonchev–Trinajstić information content (AvgIpc) is 2.54. The Hall–Kier alpha value is -2.89. The van der Waals surface area contributed by atoms with Crippen molar-refractivity contribution in [3.05, 3.63) is 42.6 Å². The lowest BCUT2D eigenvalue weighted by molar-refractivity contribution is 0.415. The molecule has 3 aromatic rings. The lowest BCUT2D eigenvalue weighted by Gasteiger charge is -2.18. The lowest BCUT2D eigenvalue weighted by atomic mass is 10.1. The van der Waals surface area contributed by atoms with Crippen molar-refractivity contribution in [1.29, 1.82) is 0 Å². The van der Waals surface area contributed by atoms with Gasteiger partial charge in [-0.25, -0.2) is 4.98 Å². The Morgan fingerprint density at radius 1 is 1.10 bits per heavy atom. The largest absolute Gasteiger partial charge is 0.497 e. The van der Waals surface area contributed by atoms with E-state index in [4.69, 9.17) is 10.5 Å². The van der Waals surface area contributed by atoms with Gasteiger partial charge in [-0.1, -0.05) is 6.07 Å². The van der Waals surface area contributed by atoms with Crippen LogP contribution in [0, 0.1) is 0 Å². The van der Waals surface area contributed by atoms with Crippen molar-refractivity contribution < 1.29 is 4.74 Å². The summed E-state index contributed by atoms with van der Waals surface area (Å²) >= 11 is 0. The van der Waals surface area contributed by atoms with E-state index >= 15 is 0 Å². The molecule has 6 nitrogen and oxygen atoms in total. The van der Waals surface area contributed by atoms with E-state index in [1.807, 2.05) is 42.3 Å². The second-order valence-corrected chi connectivity index (χ2v) is 4.60. The van der Waals surface area contributed by atoms with Crippen LogP contribution in [0.4, 0.5) is 17.5 Å². The van der Waals surface area contributed by atoms with Crippen molar-refractivity contribution in [2.24, 2.45) is 0 Å². The summed E-state index contributed by atoms with van der Waals surface area (Å²) in [6.07, 6.45) is 1.77. The van der Waals surface area contributed by atoms with Gasteiger partial charge in [0.2, 0.25) is 0 Å². The van der Waals surface area contributed by atoms with Gasteiger partial charge in [-0.3, -0.25) is 0 Å². The van der Waals surface area contributed by atoms with Crippen LogP contribution in [0.25, 0.3) is 10.8 Å². The van der Waals surface area contributed by atoms with Crippen LogP contribution in [0.3, 0.4) is 0 Å². The zero-order valence-corrected chi connectivity index (χ0v) is 11.8. The lowest BCUT2D eigenvalue weighted by Crippen LogP contribution is -2.14. The first-order valence-electron chi connectivity index (χ1n) is 6.45. The smallest absolute Gasteiger partial charge is 0.156 e. The van der Waals surface area contributed by atoms with Gasteiger partial charge in [0.25, 0.3) is 0 Å². The van der Waals surface area contributed by atoms with Crippen molar-refractivity contribution in [2.45, 2.75) is 0 Å². The molecule has 0 spiro atoms. The molecule has 3 rings (SSSR count). The van der Waals surface area contributed by atoms with Crippen LogP contribution in [-0.2, 0) is 0 Å². The number of methoxy groups -OCH3 is 1. The number of ether oxygens (including phenoxy) is 1. The van der Waals surface area contributed by atoms with Crippen molar-refractivity contribution >= 4 is 28.2 Å². The number of nitrogen functional groups attached to an aromatic ring is 1. The van der Waals surface area contributed by atoms with E-state index in [0.29, 0.717) is 11.6 Å². The molecule has 0 bridgehead atoms. The van der Waals surface area contributed by atoms with E-state index in [1.165, 1.54) is 0 Å². The average molecular weight is 281 g/mol. The van der Waals surface area contributed by atoms with Gasteiger partial charge in [-0.05, 0) is 35.7 Å². The Labute approximate surface area is 122 Å². The number of fused-ring (bicyclic) bond motifs is 1. The van der Waals surface area contributed by atoms with Crippen molar-refractivity contribution in [3.63, 3.8) is 0 Å². The predicted molar refractivity (Wildman–Crippen MR) is 82.8 cm³/mol. The van der Waals surface area contributed by atoms with E-state index in [1.54, 1.807) is 19.4 Å². The van der Waals surface area contributed by atoms with E-state index in [0.717, 1.165) is 22.3 Å². The number of nitrogens with two attached hydrogens (primary N) is 1. The number of rotatable bonds is 3. The SMILES string of the molecule is COc1ccc2ccnc(N(C)c3ccc(N)nn3)c2c1. The van der Waals surface area contributed by atoms with Gasteiger partial charge in [-0.15, -0.1) is 10.2 Å². The van der Waals surface area contributed by atoms with Gasteiger partial charge >= 0.3 is 0 Å². The Kier molecular flexibility index (Phi) is 3.27. The number of nitrogens with zero attached hydrogens (tertiary/aromatic N) is 4. The Morgan fingerprint density at radius 2 is 1.95 bits per heavy atom. The fourth-order valence-corrected chi connectivity index (χ4v) is 2.15. The van der Waals surface area contributed by atoms with E-state index < -0.39 is 0 Å². The molecule has 0 saturated heterocycles. The minimum atomic E-state index is 0.389. The van der Waals surface area contributed by atoms with Gasteiger partial charge in [0.1, 0.15) is 17.4 Å². The number of pyridine rings is 1. The Balaban J connectivity index is 2.12. The van der Waals surface area contributed by atoms with Gasteiger partial charge in [-0.2, -0.15) is 0 Å².